The summed E-state index contributed by atoms with van der Waals surface area (Å²) < 4.78 is 13.9. The number of phenolic OH excluding ortho intramolecular Hbond substituents is 1. The second kappa shape index (κ2) is 8.62. The van der Waals surface area contributed by atoms with Crippen LogP contribution in [0.1, 0.15) is 11.3 Å². The van der Waals surface area contributed by atoms with E-state index in [9.17, 15) is 9.50 Å². The number of hydrogen-bond donors (Lipinski definition) is 3. The molecule has 0 bridgehead atoms. The first-order chi connectivity index (χ1) is 15.0. The number of aliphatic imine (C=N–C) groups is 1. The van der Waals surface area contributed by atoms with E-state index in [1.807, 2.05) is 30.3 Å². The van der Waals surface area contributed by atoms with Gasteiger partial charge in [-0.25, -0.2) is 9.37 Å². The number of anilines is 2. The Labute approximate surface area is 178 Å². The average Bonchev–Trinajstić information content (AvgIpc) is 2.78. The van der Waals surface area contributed by atoms with Gasteiger partial charge in [-0.05, 0) is 73.2 Å². The number of nitrogens with one attached hydrogen (secondary N) is 1. The van der Waals surface area contributed by atoms with Gasteiger partial charge in [0.25, 0.3) is 0 Å². The minimum atomic E-state index is -0.262. The number of hydrogen-bond acceptors (Lipinski definition) is 6. The number of hydrazone groups is 1. The van der Waals surface area contributed by atoms with E-state index in [1.54, 1.807) is 43.3 Å². The summed E-state index contributed by atoms with van der Waals surface area (Å²) in [5, 5.41) is 17.3. The first-order valence-electron chi connectivity index (χ1n) is 9.58. The van der Waals surface area contributed by atoms with Crippen LogP contribution in [0.2, 0.25) is 0 Å². The molecule has 4 rings (SSSR count). The lowest BCUT2D eigenvalue weighted by molar-refractivity contribution is 0.475. The molecule has 0 aliphatic rings. The fourth-order valence-electron chi connectivity index (χ4n) is 3.07. The fourth-order valence-corrected chi connectivity index (χ4v) is 3.07. The minimum absolute atomic E-state index is 0.167. The van der Waals surface area contributed by atoms with Crippen LogP contribution in [0.3, 0.4) is 0 Å². The molecule has 7 heteroatoms. The summed E-state index contributed by atoms with van der Waals surface area (Å²) in [5.41, 5.74) is 4.42. The largest absolute Gasteiger partial charge is 0.508 e. The second-order valence-corrected chi connectivity index (χ2v) is 6.95. The number of benzene rings is 3. The van der Waals surface area contributed by atoms with Gasteiger partial charge in [-0.3, -0.25) is 4.99 Å². The van der Waals surface area contributed by atoms with Crippen molar-refractivity contribution in [2.24, 2.45) is 15.9 Å². The Morgan fingerprint density at radius 1 is 1.06 bits per heavy atom. The Morgan fingerprint density at radius 3 is 2.61 bits per heavy atom. The van der Waals surface area contributed by atoms with Crippen molar-refractivity contribution < 1.29 is 9.50 Å². The van der Waals surface area contributed by atoms with Crippen LogP contribution in [-0.2, 0) is 0 Å². The zero-order valence-corrected chi connectivity index (χ0v) is 16.7. The molecule has 0 unspecified atom stereocenters. The van der Waals surface area contributed by atoms with Crippen LogP contribution >= 0.6 is 0 Å². The predicted molar refractivity (Wildman–Crippen MR) is 123 cm³/mol. The molecule has 0 fully saturated rings. The maximum atomic E-state index is 13.9. The highest BCUT2D eigenvalue weighted by Gasteiger charge is 2.08. The second-order valence-electron chi connectivity index (χ2n) is 6.95. The van der Waals surface area contributed by atoms with E-state index in [1.165, 1.54) is 12.3 Å². The Balaban J connectivity index is 1.63. The lowest BCUT2D eigenvalue weighted by Gasteiger charge is -2.11. The fraction of sp³-hybridized carbons (Fsp3) is 0.0417. The van der Waals surface area contributed by atoms with E-state index in [0.717, 1.165) is 16.6 Å². The number of phenols is 1. The van der Waals surface area contributed by atoms with Crippen molar-refractivity contribution in [1.29, 1.82) is 0 Å². The van der Waals surface area contributed by atoms with E-state index in [2.05, 4.69) is 20.4 Å². The van der Waals surface area contributed by atoms with Crippen LogP contribution in [-0.4, -0.2) is 22.0 Å². The summed E-state index contributed by atoms with van der Waals surface area (Å²) in [6.07, 6.45) is 1.53. The summed E-state index contributed by atoms with van der Waals surface area (Å²) in [4.78, 5) is 8.98. The summed E-state index contributed by atoms with van der Waals surface area (Å²) in [6, 6.07) is 20.9. The van der Waals surface area contributed by atoms with Gasteiger partial charge in [0.1, 0.15) is 17.3 Å². The maximum absolute atomic E-state index is 13.9. The van der Waals surface area contributed by atoms with Crippen LogP contribution in [0.15, 0.2) is 82.9 Å². The van der Waals surface area contributed by atoms with Gasteiger partial charge in [-0.1, -0.05) is 12.1 Å². The van der Waals surface area contributed by atoms with E-state index in [-0.39, 0.29) is 11.6 Å². The van der Waals surface area contributed by atoms with E-state index in [0.29, 0.717) is 28.3 Å². The molecule has 154 valence electrons. The van der Waals surface area contributed by atoms with Crippen molar-refractivity contribution in [2.45, 2.75) is 6.92 Å². The lowest BCUT2D eigenvalue weighted by Crippen LogP contribution is -2.08. The summed E-state index contributed by atoms with van der Waals surface area (Å²) in [5.74, 6) is 5.47. The van der Waals surface area contributed by atoms with Crippen LogP contribution in [0, 0.1) is 12.7 Å². The molecule has 6 nitrogen and oxygen atoms in total. The number of nitrogens with zero attached hydrogens (tertiary/aromatic N) is 3. The van der Waals surface area contributed by atoms with Crippen LogP contribution in [0.5, 0.6) is 5.75 Å². The van der Waals surface area contributed by atoms with Gasteiger partial charge in [0.15, 0.2) is 0 Å². The molecule has 1 aromatic heterocycles. The molecule has 0 saturated heterocycles. The van der Waals surface area contributed by atoms with Crippen molar-refractivity contribution in [2.75, 3.05) is 5.32 Å². The number of pyridine rings is 1. The van der Waals surface area contributed by atoms with Gasteiger partial charge in [0, 0.05) is 16.8 Å². The van der Waals surface area contributed by atoms with Gasteiger partial charge in [-0.15, -0.1) is 0 Å². The molecule has 0 atom stereocenters. The highest BCUT2D eigenvalue weighted by molar-refractivity contribution is 6.38. The number of fused-ring (bicyclic) bond motifs is 1. The standard InChI is InChI=1S/C24H20FN5O/c1-15-5-6-17(13-20(15)25)28-21-3-2-4-22-19(21)11-12-23(29-22)24(30-26)14-27-16-7-9-18(31)10-8-16/h2-14,28,31H,26H2,1H3. The number of nitrogens with two attached hydrogens (primary N) is 1. The molecule has 3 aromatic carbocycles. The summed E-state index contributed by atoms with van der Waals surface area (Å²) in [7, 11) is 0. The molecule has 4 N–H and O–H groups in total. The molecule has 0 saturated carbocycles. The highest BCUT2D eigenvalue weighted by atomic mass is 19.1. The molecule has 0 amide bonds. The zero-order valence-electron chi connectivity index (χ0n) is 16.7. The summed E-state index contributed by atoms with van der Waals surface area (Å²) >= 11 is 0. The smallest absolute Gasteiger partial charge is 0.128 e. The molecular formula is C24H20FN5O. The van der Waals surface area contributed by atoms with Gasteiger partial charge in [0.05, 0.1) is 23.1 Å². The third-order valence-electron chi connectivity index (χ3n) is 4.77. The minimum Gasteiger partial charge on any atom is -0.508 e. The van der Waals surface area contributed by atoms with Gasteiger partial charge in [0.2, 0.25) is 0 Å². The average molecular weight is 413 g/mol. The lowest BCUT2D eigenvalue weighted by atomic mass is 10.1. The number of rotatable bonds is 5. The van der Waals surface area contributed by atoms with Crippen molar-refractivity contribution in [3.8, 4) is 5.75 Å². The number of aromatic nitrogens is 1. The SMILES string of the molecule is Cc1ccc(Nc2cccc3nc(C(C=Nc4ccc(O)cc4)=NN)ccc23)cc1F. The van der Waals surface area contributed by atoms with Crippen molar-refractivity contribution >= 4 is 39.9 Å². The third-order valence-corrected chi connectivity index (χ3v) is 4.77. The molecule has 1 heterocycles. The van der Waals surface area contributed by atoms with Crippen LogP contribution in [0.4, 0.5) is 21.5 Å². The number of halogens is 1. The first kappa shape index (κ1) is 20.0. The van der Waals surface area contributed by atoms with Gasteiger partial charge in [-0.2, -0.15) is 5.10 Å². The molecular weight excluding hydrogens is 393 g/mol. The monoisotopic (exact) mass is 413 g/mol. The molecule has 31 heavy (non-hydrogen) atoms. The molecule has 4 aromatic rings. The molecule has 0 radical (unpaired) electrons. The number of aromatic hydroxyl groups is 1. The van der Waals surface area contributed by atoms with Crippen LogP contribution < -0.4 is 11.2 Å². The van der Waals surface area contributed by atoms with E-state index >= 15 is 0 Å². The predicted octanol–water partition coefficient (Wildman–Crippen LogP) is 5.20. The number of aryl methyl sites for hydroxylation is 1. The normalized spacial score (nSPS) is 11.9. The quantitative estimate of drug-likeness (QED) is 0.238. The summed E-state index contributed by atoms with van der Waals surface area (Å²) in [6.45, 7) is 1.73. The molecule has 0 spiro atoms. The molecule has 0 aliphatic heterocycles. The molecule has 0 aliphatic carbocycles. The van der Waals surface area contributed by atoms with Crippen molar-refractivity contribution in [1.82, 2.24) is 4.98 Å². The van der Waals surface area contributed by atoms with Crippen LogP contribution in [0.25, 0.3) is 10.9 Å². The van der Waals surface area contributed by atoms with Crippen molar-refractivity contribution in [3.63, 3.8) is 0 Å². The Bertz CT molecular complexity index is 1300. The van der Waals surface area contributed by atoms with Gasteiger partial charge < -0.3 is 16.3 Å². The Morgan fingerprint density at radius 2 is 1.87 bits per heavy atom. The van der Waals surface area contributed by atoms with Gasteiger partial charge >= 0.3 is 0 Å². The zero-order chi connectivity index (χ0) is 21.8. The Hall–Kier alpha value is -4.26. The Kier molecular flexibility index (Phi) is 5.57. The first-order valence-corrected chi connectivity index (χ1v) is 9.58. The highest BCUT2D eigenvalue weighted by Crippen LogP contribution is 2.27. The van der Waals surface area contributed by atoms with E-state index in [4.69, 9.17) is 5.84 Å². The maximum Gasteiger partial charge on any atom is 0.128 e. The third kappa shape index (κ3) is 4.51. The van der Waals surface area contributed by atoms with E-state index < -0.39 is 0 Å². The topological polar surface area (TPSA) is 95.9 Å². The van der Waals surface area contributed by atoms with Crippen molar-refractivity contribution in [3.05, 3.63) is 89.9 Å².